The lowest BCUT2D eigenvalue weighted by Crippen LogP contribution is -2.36. The van der Waals surface area contributed by atoms with Gasteiger partial charge in [-0.3, -0.25) is 0 Å². The highest BCUT2D eigenvalue weighted by atomic mass is 35.5. The summed E-state index contributed by atoms with van der Waals surface area (Å²) in [6.45, 7) is 2.14. The first-order chi connectivity index (χ1) is 13.0. The number of morpholine rings is 1. The van der Waals surface area contributed by atoms with E-state index in [1.807, 2.05) is 4.90 Å². The topological polar surface area (TPSA) is 82.8 Å². The molecule has 2 heterocycles. The Balaban J connectivity index is 2.08. The van der Waals surface area contributed by atoms with Gasteiger partial charge >= 0.3 is 5.97 Å². The molecule has 2 aromatic rings. The number of hydrogen-bond donors (Lipinski definition) is 1. The van der Waals surface area contributed by atoms with Gasteiger partial charge in [-0.15, -0.1) is 11.3 Å². The molecule has 1 aromatic heterocycles. The minimum Gasteiger partial charge on any atom is -0.495 e. The van der Waals surface area contributed by atoms with E-state index in [2.05, 4.69) is 6.07 Å². The van der Waals surface area contributed by atoms with Crippen LogP contribution in [0.2, 0.25) is 5.02 Å². The van der Waals surface area contributed by atoms with Crippen LogP contribution in [-0.2, 0) is 11.2 Å². The van der Waals surface area contributed by atoms with Gasteiger partial charge in [-0.2, -0.15) is 5.26 Å². The largest absolute Gasteiger partial charge is 0.495 e. The Morgan fingerprint density at radius 2 is 2.19 bits per heavy atom. The summed E-state index contributed by atoms with van der Waals surface area (Å²) in [5.41, 5.74) is 0.758. The van der Waals surface area contributed by atoms with Crippen molar-refractivity contribution in [2.75, 3.05) is 38.3 Å². The standard InChI is InChI=1S/C18H16ClFN2O4S/c1-25-15-7-10(14(20)8-13(15)19)6-11-12(9-21)17(27-16(11)18(23)24)22-2-4-26-5-3-22/h7-8H,2-6H2,1H3,(H,23,24). The molecule has 0 bridgehead atoms. The van der Waals surface area contributed by atoms with E-state index in [0.29, 0.717) is 36.9 Å². The molecule has 9 heteroatoms. The third-order valence-electron chi connectivity index (χ3n) is 4.28. The zero-order chi connectivity index (χ0) is 19.6. The summed E-state index contributed by atoms with van der Waals surface area (Å²) in [7, 11) is 1.41. The van der Waals surface area contributed by atoms with Gasteiger partial charge in [0.2, 0.25) is 0 Å². The van der Waals surface area contributed by atoms with Gasteiger partial charge in [0.15, 0.2) is 0 Å². The molecular formula is C18H16ClFN2O4S. The normalized spacial score (nSPS) is 14.1. The molecule has 1 N–H and O–H groups in total. The molecule has 0 unspecified atom stereocenters. The van der Waals surface area contributed by atoms with Crippen LogP contribution in [0.15, 0.2) is 12.1 Å². The van der Waals surface area contributed by atoms with Gasteiger partial charge in [0, 0.05) is 25.1 Å². The van der Waals surface area contributed by atoms with Crippen molar-refractivity contribution in [3.63, 3.8) is 0 Å². The molecule has 1 saturated heterocycles. The van der Waals surface area contributed by atoms with Crippen LogP contribution >= 0.6 is 22.9 Å². The maximum Gasteiger partial charge on any atom is 0.346 e. The lowest BCUT2D eigenvalue weighted by atomic mass is 10.0. The SMILES string of the molecule is COc1cc(Cc2c(C(=O)O)sc(N3CCOCC3)c2C#N)c(F)cc1Cl. The fourth-order valence-corrected chi connectivity index (χ4v) is 4.34. The lowest BCUT2D eigenvalue weighted by Gasteiger charge is -2.27. The number of aromatic carboxylic acids is 1. The number of nitrogens with zero attached hydrogens (tertiary/aromatic N) is 2. The van der Waals surface area contributed by atoms with Crippen LogP contribution in [0.3, 0.4) is 0 Å². The van der Waals surface area contributed by atoms with E-state index in [0.717, 1.165) is 17.4 Å². The number of carboxylic acids is 1. The van der Waals surface area contributed by atoms with Gasteiger partial charge < -0.3 is 19.5 Å². The Labute approximate surface area is 164 Å². The van der Waals surface area contributed by atoms with Crippen molar-refractivity contribution in [3.8, 4) is 11.8 Å². The smallest absolute Gasteiger partial charge is 0.346 e. The highest BCUT2D eigenvalue weighted by molar-refractivity contribution is 7.18. The Hall–Kier alpha value is -2.34. The highest BCUT2D eigenvalue weighted by Gasteiger charge is 2.27. The Morgan fingerprint density at radius 3 is 2.78 bits per heavy atom. The number of halogens is 2. The number of ether oxygens (including phenoxy) is 2. The Kier molecular flexibility index (Phi) is 5.85. The zero-order valence-corrected chi connectivity index (χ0v) is 16.0. The van der Waals surface area contributed by atoms with Crippen LogP contribution in [0.25, 0.3) is 0 Å². The summed E-state index contributed by atoms with van der Waals surface area (Å²) in [4.78, 5) is 13.7. The third kappa shape index (κ3) is 3.86. The molecule has 0 radical (unpaired) electrons. The van der Waals surface area contributed by atoms with Crippen molar-refractivity contribution in [1.29, 1.82) is 5.26 Å². The predicted molar refractivity (Wildman–Crippen MR) is 99.8 cm³/mol. The van der Waals surface area contributed by atoms with E-state index in [4.69, 9.17) is 21.1 Å². The van der Waals surface area contributed by atoms with Gasteiger partial charge in [0.1, 0.15) is 27.5 Å². The Morgan fingerprint density at radius 1 is 1.48 bits per heavy atom. The summed E-state index contributed by atoms with van der Waals surface area (Å²) in [6, 6.07) is 4.65. The minimum atomic E-state index is -1.15. The lowest BCUT2D eigenvalue weighted by molar-refractivity contribution is 0.0701. The first-order valence-electron chi connectivity index (χ1n) is 8.10. The monoisotopic (exact) mass is 410 g/mol. The number of carboxylic acid groups (broad SMARTS) is 1. The fourth-order valence-electron chi connectivity index (χ4n) is 2.95. The van der Waals surface area contributed by atoms with Crippen LogP contribution < -0.4 is 9.64 Å². The van der Waals surface area contributed by atoms with Gasteiger partial charge in [-0.05, 0) is 17.7 Å². The number of nitriles is 1. The van der Waals surface area contributed by atoms with E-state index in [1.165, 1.54) is 13.2 Å². The van der Waals surface area contributed by atoms with Crippen LogP contribution in [0.4, 0.5) is 9.39 Å². The van der Waals surface area contributed by atoms with Crippen LogP contribution in [0, 0.1) is 17.1 Å². The van der Waals surface area contributed by atoms with E-state index >= 15 is 0 Å². The van der Waals surface area contributed by atoms with Crippen molar-refractivity contribution in [1.82, 2.24) is 0 Å². The van der Waals surface area contributed by atoms with Crippen LogP contribution in [-0.4, -0.2) is 44.5 Å². The maximum atomic E-state index is 14.4. The quantitative estimate of drug-likeness (QED) is 0.811. The molecule has 0 amide bonds. The van der Waals surface area contributed by atoms with Crippen LogP contribution in [0.1, 0.15) is 26.4 Å². The van der Waals surface area contributed by atoms with Crippen LogP contribution in [0.5, 0.6) is 5.75 Å². The first kappa shape index (κ1) is 19.4. The number of methoxy groups -OCH3 is 1. The summed E-state index contributed by atoms with van der Waals surface area (Å²) >= 11 is 6.95. The maximum absolute atomic E-state index is 14.4. The predicted octanol–water partition coefficient (Wildman–Crippen LogP) is 3.55. The van der Waals surface area contributed by atoms with Crippen molar-refractivity contribution in [2.24, 2.45) is 0 Å². The third-order valence-corrected chi connectivity index (χ3v) is 5.86. The molecule has 0 atom stereocenters. The average molecular weight is 411 g/mol. The second-order valence-electron chi connectivity index (χ2n) is 5.86. The molecular weight excluding hydrogens is 395 g/mol. The molecule has 142 valence electrons. The van der Waals surface area contributed by atoms with Gasteiger partial charge in [0.25, 0.3) is 0 Å². The molecule has 27 heavy (non-hydrogen) atoms. The molecule has 0 saturated carbocycles. The molecule has 1 aromatic carbocycles. The van der Waals surface area contributed by atoms with Crippen molar-refractivity contribution in [3.05, 3.63) is 44.5 Å². The van der Waals surface area contributed by atoms with E-state index in [1.54, 1.807) is 0 Å². The van der Waals surface area contributed by atoms with E-state index < -0.39 is 11.8 Å². The molecule has 1 aliphatic rings. The molecule has 1 fully saturated rings. The number of benzene rings is 1. The molecule has 0 aliphatic carbocycles. The summed E-state index contributed by atoms with van der Waals surface area (Å²) < 4.78 is 24.8. The summed E-state index contributed by atoms with van der Waals surface area (Å²) in [5.74, 6) is -1.44. The van der Waals surface area contributed by atoms with E-state index in [9.17, 15) is 19.6 Å². The van der Waals surface area contributed by atoms with Gasteiger partial charge in [-0.1, -0.05) is 11.6 Å². The van der Waals surface area contributed by atoms with E-state index in [-0.39, 0.29) is 33.2 Å². The van der Waals surface area contributed by atoms with Gasteiger partial charge in [-0.25, -0.2) is 9.18 Å². The molecule has 1 aliphatic heterocycles. The van der Waals surface area contributed by atoms with Crippen molar-refractivity contribution < 1.29 is 23.8 Å². The summed E-state index contributed by atoms with van der Waals surface area (Å²) in [6.07, 6.45) is -0.0509. The molecule has 0 spiro atoms. The number of thiophene rings is 1. The fraction of sp³-hybridized carbons (Fsp3) is 0.333. The molecule has 6 nitrogen and oxygen atoms in total. The number of rotatable bonds is 5. The number of anilines is 1. The Bertz CT molecular complexity index is 919. The molecule has 3 rings (SSSR count). The number of hydrogen-bond acceptors (Lipinski definition) is 6. The minimum absolute atomic E-state index is 0.0290. The first-order valence-corrected chi connectivity index (χ1v) is 9.29. The highest BCUT2D eigenvalue weighted by Crippen LogP contribution is 2.38. The van der Waals surface area contributed by atoms with Gasteiger partial charge in [0.05, 0.1) is 30.9 Å². The number of carbonyl (C=O) groups is 1. The second kappa shape index (κ2) is 8.13. The average Bonchev–Trinajstić information content (AvgIpc) is 3.03. The zero-order valence-electron chi connectivity index (χ0n) is 14.4. The van der Waals surface area contributed by atoms with Crippen molar-refractivity contribution >= 4 is 33.9 Å². The second-order valence-corrected chi connectivity index (χ2v) is 7.27. The van der Waals surface area contributed by atoms with Crippen molar-refractivity contribution in [2.45, 2.75) is 6.42 Å². The summed E-state index contributed by atoms with van der Waals surface area (Å²) in [5, 5.41) is 20.0.